The van der Waals surface area contributed by atoms with Crippen LogP contribution in [-0.4, -0.2) is 43.9 Å². The van der Waals surface area contributed by atoms with Crippen LogP contribution in [0.5, 0.6) is 0 Å². The molecule has 0 N–H and O–H groups in total. The topological polar surface area (TPSA) is 51.0 Å². The maximum atomic E-state index is 12.8. The average Bonchev–Trinajstić information content (AvgIpc) is 3.39. The maximum absolute atomic E-state index is 12.8. The van der Waals surface area contributed by atoms with Gasteiger partial charge in [-0.15, -0.1) is 10.2 Å². The van der Waals surface area contributed by atoms with E-state index < -0.39 is 0 Å². The summed E-state index contributed by atoms with van der Waals surface area (Å²) in [7, 11) is 0. The Morgan fingerprint density at radius 1 is 1.03 bits per heavy atom. The lowest BCUT2D eigenvalue weighted by atomic mass is 10.1. The van der Waals surface area contributed by atoms with Crippen molar-refractivity contribution in [2.45, 2.75) is 37.1 Å². The van der Waals surface area contributed by atoms with Gasteiger partial charge >= 0.3 is 0 Å². The van der Waals surface area contributed by atoms with Gasteiger partial charge in [-0.25, -0.2) is 0 Å². The van der Waals surface area contributed by atoms with E-state index in [9.17, 15) is 4.79 Å². The summed E-state index contributed by atoms with van der Waals surface area (Å²) in [6.45, 7) is 5.70. The predicted octanol–water partition coefficient (Wildman–Crippen LogP) is 5.00. The molecule has 1 atom stereocenters. The molecule has 0 aliphatic carbocycles. The Kier molecular flexibility index (Phi) is 5.92. The van der Waals surface area contributed by atoms with Crippen LogP contribution in [0.3, 0.4) is 0 Å². The normalized spacial score (nSPS) is 14.9. The van der Waals surface area contributed by atoms with Crippen LogP contribution >= 0.6 is 23.4 Å². The molecule has 2 aromatic carbocycles. The van der Waals surface area contributed by atoms with Gasteiger partial charge in [0.25, 0.3) is 0 Å². The SMILES string of the molecule is Cc1ccc(-c2nnc(SC(C)C(=O)N3CCCC3)n2-c2ccc(Cl)cc2)cc1. The number of halogens is 1. The molecule has 1 aromatic heterocycles. The van der Waals surface area contributed by atoms with Gasteiger partial charge in [0.15, 0.2) is 11.0 Å². The van der Waals surface area contributed by atoms with E-state index in [4.69, 9.17) is 11.6 Å². The molecule has 1 aliphatic heterocycles. The fraction of sp³-hybridized carbons (Fsp3) is 0.318. The van der Waals surface area contributed by atoms with Crippen LogP contribution < -0.4 is 0 Å². The van der Waals surface area contributed by atoms with Crippen LogP contribution in [-0.2, 0) is 4.79 Å². The minimum Gasteiger partial charge on any atom is -0.342 e. The van der Waals surface area contributed by atoms with Crippen molar-refractivity contribution in [1.29, 1.82) is 0 Å². The highest BCUT2D eigenvalue weighted by atomic mass is 35.5. The van der Waals surface area contributed by atoms with Gasteiger partial charge in [0.2, 0.25) is 5.91 Å². The molecule has 1 fully saturated rings. The van der Waals surface area contributed by atoms with Gasteiger partial charge in [-0.05, 0) is 51.0 Å². The number of amides is 1. The standard InChI is InChI=1S/C22H23ClN4OS/c1-15-5-7-17(8-6-15)20-24-25-22(27(20)19-11-9-18(23)10-12-19)29-16(2)21(28)26-13-3-4-14-26/h5-12,16H,3-4,13-14H2,1-2H3. The first-order chi connectivity index (χ1) is 14.0. The van der Waals surface area contributed by atoms with Gasteiger partial charge in [0, 0.05) is 29.4 Å². The summed E-state index contributed by atoms with van der Waals surface area (Å²) >= 11 is 7.54. The zero-order valence-electron chi connectivity index (χ0n) is 16.5. The Morgan fingerprint density at radius 3 is 2.34 bits per heavy atom. The lowest BCUT2D eigenvalue weighted by molar-refractivity contribution is -0.129. The molecule has 1 unspecified atom stereocenters. The summed E-state index contributed by atoms with van der Waals surface area (Å²) in [5.74, 6) is 0.908. The van der Waals surface area contributed by atoms with E-state index in [2.05, 4.69) is 29.3 Å². The fourth-order valence-electron chi connectivity index (χ4n) is 3.46. The Hall–Kier alpha value is -2.31. The Bertz CT molecular complexity index is 995. The van der Waals surface area contributed by atoms with Crippen molar-refractivity contribution in [3.63, 3.8) is 0 Å². The first-order valence-corrected chi connectivity index (χ1v) is 11.0. The first-order valence-electron chi connectivity index (χ1n) is 9.77. The molecule has 0 radical (unpaired) electrons. The lowest BCUT2D eigenvalue weighted by Crippen LogP contribution is -2.34. The van der Waals surface area contributed by atoms with E-state index >= 15 is 0 Å². The zero-order valence-corrected chi connectivity index (χ0v) is 18.1. The van der Waals surface area contributed by atoms with Crippen molar-refractivity contribution in [2.24, 2.45) is 0 Å². The van der Waals surface area contributed by atoms with E-state index in [-0.39, 0.29) is 11.2 Å². The number of thioether (sulfide) groups is 1. The minimum absolute atomic E-state index is 0.162. The van der Waals surface area contributed by atoms with Crippen LogP contribution in [0, 0.1) is 6.92 Å². The number of aryl methyl sites for hydroxylation is 1. The van der Waals surface area contributed by atoms with Gasteiger partial charge in [-0.3, -0.25) is 9.36 Å². The molecule has 5 nitrogen and oxygen atoms in total. The van der Waals surface area contributed by atoms with E-state index in [1.165, 1.54) is 17.3 Å². The third kappa shape index (κ3) is 4.33. The van der Waals surface area contributed by atoms with Crippen molar-refractivity contribution in [3.05, 3.63) is 59.1 Å². The molecule has 29 heavy (non-hydrogen) atoms. The third-order valence-corrected chi connectivity index (χ3v) is 6.36. The second-order valence-corrected chi connectivity index (χ2v) is 9.02. The summed E-state index contributed by atoms with van der Waals surface area (Å²) < 4.78 is 2.00. The zero-order chi connectivity index (χ0) is 20.4. The van der Waals surface area contributed by atoms with Crippen LogP contribution in [0.4, 0.5) is 0 Å². The van der Waals surface area contributed by atoms with Crippen LogP contribution in [0.2, 0.25) is 5.02 Å². The van der Waals surface area contributed by atoms with Crippen LogP contribution in [0.1, 0.15) is 25.3 Å². The molecule has 1 amide bonds. The Labute approximate surface area is 180 Å². The molecule has 1 saturated heterocycles. The molecule has 7 heteroatoms. The first kappa shape index (κ1) is 20.0. The monoisotopic (exact) mass is 426 g/mol. The van der Waals surface area contributed by atoms with Crippen molar-refractivity contribution >= 4 is 29.3 Å². The van der Waals surface area contributed by atoms with Crippen molar-refractivity contribution in [1.82, 2.24) is 19.7 Å². The Balaban J connectivity index is 1.70. The number of rotatable bonds is 5. The number of hydrogen-bond donors (Lipinski definition) is 0. The highest BCUT2D eigenvalue weighted by Crippen LogP contribution is 2.31. The number of likely N-dealkylation sites (tertiary alicyclic amines) is 1. The molecule has 0 bridgehead atoms. The number of benzene rings is 2. The van der Waals surface area contributed by atoms with Crippen molar-refractivity contribution in [3.8, 4) is 17.1 Å². The van der Waals surface area contributed by atoms with Crippen molar-refractivity contribution in [2.75, 3.05) is 13.1 Å². The summed E-state index contributed by atoms with van der Waals surface area (Å²) in [4.78, 5) is 14.7. The van der Waals surface area contributed by atoms with E-state index in [0.29, 0.717) is 10.2 Å². The molecule has 0 saturated carbocycles. The average molecular weight is 427 g/mol. The quantitative estimate of drug-likeness (QED) is 0.539. The minimum atomic E-state index is -0.228. The number of hydrogen-bond acceptors (Lipinski definition) is 4. The fourth-order valence-corrected chi connectivity index (χ4v) is 4.54. The van der Waals surface area contributed by atoms with Gasteiger partial charge < -0.3 is 4.90 Å². The van der Waals surface area contributed by atoms with E-state index in [0.717, 1.165) is 43.0 Å². The maximum Gasteiger partial charge on any atom is 0.235 e. The summed E-state index contributed by atoms with van der Waals surface area (Å²) in [5.41, 5.74) is 3.08. The number of carbonyl (C=O) groups excluding carboxylic acids is 1. The van der Waals surface area contributed by atoms with Gasteiger partial charge in [0.1, 0.15) is 0 Å². The van der Waals surface area contributed by atoms with Crippen LogP contribution in [0.15, 0.2) is 53.7 Å². The summed E-state index contributed by atoms with van der Waals surface area (Å²) in [5, 5.41) is 10.0. The predicted molar refractivity (Wildman–Crippen MR) is 118 cm³/mol. The smallest absolute Gasteiger partial charge is 0.235 e. The number of nitrogens with zero attached hydrogens (tertiary/aromatic N) is 4. The highest BCUT2D eigenvalue weighted by Gasteiger charge is 2.26. The molecule has 3 aromatic rings. The second kappa shape index (κ2) is 8.59. The molecule has 0 spiro atoms. The second-order valence-electron chi connectivity index (χ2n) is 7.28. The van der Waals surface area contributed by atoms with Crippen LogP contribution in [0.25, 0.3) is 17.1 Å². The van der Waals surface area contributed by atoms with Gasteiger partial charge in [-0.1, -0.05) is 53.2 Å². The number of aromatic nitrogens is 3. The molecule has 1 aliphatic rings. The Morgan fingerprint density at radius 2 is 1.69 bits per heavy atom. The third-order valence-electron chi connectivity index (χ3n) is 5.08. The molecule has 4 rings (SSSR count). The molecule has 150 valence electrons. The van der Waals surface area contributed by atoms with E-state index in [1.54, 1.807) is 0 Å². The lowest BCUT2D eigenvalue weighted by Gasteiger charge is -2.20. The molecular formula is C22H23ClN4OS. The van der Waals surface area contributed by atoms with E-state index in [1.807, 2.05) is 52.8 Å². The summed E-state index contributed by atoms with van der Waals surface area (Å²) in [6.07, 6.45) is 2.17. The van der Waals surface area contributed by atoms with Crippen molar-refractivity contribution < 1.29 is 4.79 Å². The molecule has 2 heterocycles. The largest absolute Gasteiger partial charge is 0.342 e. The summed E-state index contributed by atoms with van der Waals surface area (Å²) in [6, 6.07) is 15.8. The number of carbonyl (C=O) groups is 1. The van der Waals surface area contributed by atoms with Gasteiger partial charge in [-0.2, -0.15) is 0 Å². The molecular weight excluding hydrogens is 404 g/mol. The highest BCUT2D eigenvalue weighted by molar-refractivity contribution is 8.00. The van der Waals surface area contributed by atoms with Gasteiger partial charge in [0.05, 0.1) is 5.25 Å².